The Kier molecular flexibility index (Phi) is 4.75. The molecular weight excluding hydrogens is 244 g/mol. The summed E-state index contributed by atoms with van der Waals surface area (Å²) >= 11 is 0. The Labute approximate surface area is 118 Å². The maximum Gasteiger partial charge on any atom is 0.0702 e. The van der Waals surface area contributed by atoms with Crippen molar-refractivity contribution in [3.63, 3.8) is 0 Å². The van der Waals surface area contributed by atoms with Crippen LogP contribution in [0.5, 0.6) is 0 Å². The highest BCUT2D eigenvalue weighted by Gasteiger charge is 2.09. The van der Waals surface area contributed by atoms with Gasteiger partial charge in [-0.25, -0.2) is 0 Å². The normalized spacial score (nSPS) is 10.7. The summed E-state index contributed by atoms with van der Waals surface area (Å²) in [4.78, 5) is 0. The van der Waals surface area contributed by atoms with Crippen LogP contribution in [0.15, 0.2) is 61.2 Å². The van der Waals surface area contributed by atoms with Gasteiger partial charge in [-0.1, -0.05) is 92.3 Å². The molecule has 0 saturated heterocycles. The van der Waals surface area contributed by atoms with Crippen LogP contribution in [0.4, 0.5) is 0 Å². The van der Waals surface area contributed by atoms with Crippen LogP contribution in [0.25, 0.3) is 5.57 Å². The molecule has 0 unspecified atom stereocenters. The van der Waals surface area contributed by atoms with E-state index in [1.165, 1.54) is 23.2 Å². The minimum absolute atomic E-state index is 0.706. The van der Waals surface area contributed by atoms with E-state index in [4.69, 9.17) is 0 Å². The van der Waals surface area contributed by atoms with Crippen LogP contribution in [0.2, 0.25) is 12.1 Å². The SMILES string of the molecule is C=C(c1ccccc1)c1ccc([SiH](CC)CC)cc1. The smallest absolute Gasteiger partial charge is 0.0702 e. The molecule has 0 aromatic heterocycles. The van der Waals surface area contributed by atoms with Crippen molar-refractivity contribution in [1.29, 1.82) is 0 Å². The first kappa shape index (κ1) is 13.8. The van der Waals surface area contributed by atoms with Gasteiger partial charge >= 0.3 is 0 Å². The molecule has 0 nitrogen and oxygen atoms in total. The highest BCUT2D eigenvalue weighted by atomic mass is 28.3. The van der Waals surface area contributed by atoms with E-state index in [-0.39, 0.29) is 0 Å². The fourth-order valence-corrected chi connectivity index (χ4v) is 4.78. The lowest BCUT2D eigenvalue weighted by molar-refractivity contribution is 1.33. The summed E-state index contributed by atoms with van der Waals surface area (Å²) < 4.78 is 0. The molecule has 0 spiro atoms. The summed E-state index contributed by atoms with van der Waals surface area (Å²) in [5.41, 5.74) is 3.54. The van der Waals surface area contributed by atoms with E-state index >= 15 is 0 Å². The van der Waals surface area contributed by atoms with E-state index in [9.17, 15) is 0 Å². The van der Waals surface area contributed by atoms with E-state index in [0.717, 1.165) is 5.57 Å². The Bertz CT molecular complexity index is 521. The van der Waals surface area contributed by atoms with Crippen molar-refractivity contribution >= 4 is 19.6 Å². The van der Waals surface area contributed by atoms with E-state index < -0.39 is 8.80 Å². The van der Waals surface area contributed by atoms with Crippen molar-refractivity contribution in [2.24, 2.45) is 0 Å². The van der Waals surface area contributed by atoms with Gasteiger partial charge < -0.3 is 0 Å². The van der Waals surface area contributed by atoms with Gasteiger partial charge in [0.15, 0.2) is 0 Å². The van der Waals surface area contributed by atoms with Crippen molar-refractivity contribution in [2.75, 3.05) is 0 Å². The maximum atomic E-state index is 4.22. The highest BCUT2D eigenvalue weighted by molar-refractivity contribution is 6.73. The molecule has 2 aromatic rings. The molecule has 0 saturated carbocycles. The second-order valence-corrected chi connectivity index (χ2v) is 8.67. The highest BCUT2D eigenvalue weighted by Crippen LogP contribution is 2.20. The topological polar surface area (TPSA) is 0 Å². The summed E-state index contributed by atoms with van der Waals surface area (Å²) in [6.07, 6.45) is 0. The number of rotatable bonds is 5. The fourth-order valence-electron chi connectivity index (χ4n) is 2.52. The van der Waals surface area contributed by atoms with Gasteiger partial charge in [0, 0.05) is 0 Å². The molecule has 98 valence electrons. The van der Waals surface area contributed by atoms with E-state index in [2.05, 4.69) is 69.0 Å². The second-order valence-electron chi connectivity index (χ2n) is 4.98. The van der Waals surface area contributed by atoms with Crippen molar-refractivity contribution in [3.05, 3.63) is 72.3 Å². The summed E-state index contributed by atoms with van der Waals surface area (Å²) in [5, 5.41) is 1.58. The molecule has 19 heavy (non-hydrogen) atoms. The average molecular weight is 266 g/mol. The van der Waals surface area contributed by atoms with Crippen LogP contribution in [0.1, 0.15) is 25.0 Å². The van der Waals surface area contributed by atoms with Gasteiger partial charge in [-0.2, -0.15) is 0 Å². The number of hydrogen-bond donors (Lipinski definition) is 0. The minimum atomic E-state index is -0.706. The van der Waals surface area contributed by atoms with E-state index in [0.29, 0.717) is 0 Å². The Morgan fingerprint density at radius 2 is 1.37 bits per heavy atom. The van der Waals surface area contributed by atoms with Crippen molar-refractivity contribution in [1.82, 2.24) is 0 Å². The van der Waals surface area contributed by atoms with Crippen LogP contribution in [0, 0.1) is 0 Å². The first-order chi connectivity index (χ1) is 9.26. The molecule has 0 heterocycles. The van der Waals surface area contributed by atoms with Crippen LogP contribution < -0.4 is 5.19 Å². The molecule has 0 fully saturated rings. The lowest BCUT2D eigenvalue weighted by Gasteiger charge is -2.12. The summed E-state index contributed by atoms with van der Waals surface area (Å²) in [7, 11) is -0.706. The van der Waals surface area contributed by atoms with Crippen LogP contribution in [0.3, 0.4) is 0 Å². The number of hydrogen-bond acceptors (Lipinski definition) is 0. The average Bonchev–Trinajstić information content (AvgIpc) is 2.49. The lowest BCUT2D eigenvalue weighted by Crippen LogP contribution is -2.27. The molecule has 0 N–H and O–H groups in total. The van der Waals surface area contributed by atoms with Gasteiger partial charge in [0.1, 0.15) is 0 Å². The molecule has 0 bridgehead atoms. The summed E-state index contributed by atoms with van der Waals surface area (Å²) in [5.74, 6) is 0. The van der Waals surface area contributed by atoms with Gasteiger partial charge in [0.05, 0.1) is 8.80 Å². The zero-order valence-electron chi connectivity index (χ0n) is 11.9. The lowest BCUT2D eigenvalue weighted by atomic mass is 10.00. The third-order valence-electron chi connectivity index (χ3n) is 3.84. The zero-order chi connectivity index (χ0) is 13.7. The molecule has 0 atom stereocenters. The second kappa shape index (κ2) is 6.53. The Hall–Kier alpha value is -1.60. The van der Waals surface area contributed by atoms with E-state index in [1.54, 1.807) is 5.19 Å². The van der Waals surface area contributed by atoms with Gasteiger partial charge in [0.2, 0.25) is 0 Å². The predicted octanol–water partition coefficient (Wildman–Crippen LogP) is 4.22. The Morgan fingerprint density at radius 3 is 1.89 bits per heavy atom. The zero-order valence-corrected chi connectivity index (χ0v) is 13.0. The molecule has 1 heteroatoms. The van der Waals surface area contributed by atoms with Crippen molar-refractivity contribution in [3.8, 4) is 0 Å². The largest absolute Gasteiger partial charge is 0.0906 e. The standard InChI is InChI=1S/C18H22Si/c1-4-19(5-2)18-13-11-17(12-14-18)15(3)16-9-7-6-8-10-16/h6-14,19H,3-5H2,1-2H3. The first-order valence-electron chi connectivity index (χ1n) is 7.10. The van der Waals surface area contributed by atoms with Crippen LogP contribution in [-0.2, 0) is 0 Å². The van der Waals surface area contributed by atoms with Gasteiger partial charge in [-0.3, -0.25) is 0 Å². The van der Waals surface area contributed by atoms with Crippen molar-refractivity contribution in [2.45, 2.75) is 25.9 Å². The van der Waals surface area contributed by atoms with Gasteiger partial charge in [0.25, 0.3) is 0 Å². The quantitative estimate of drug-likeness (QED) is 0.711. The Balaban J connectivity index is 2.21. The van der Waals surface area contributed by atoms with E-state index in [1.807, 2.05) is 6.07 Å². The van der Waals surface area contributed by atoms with Gasteiger partial charge in [-0.15, -0.1) is 0 Å². The van der Waals surface area contributed by atoms with Crippen LogP contribution >= 0.6 is 0 Å². The minimum Gasteiger partial charge on any atom is -0.0906 e. The molecule has 2 aromatic carbocycles. The molecule has 0 aliphatic rings. The molecule has 0 aliphatic heterocycles. The van der Waals surface area contributed by atoms with Crippen molar-refractivity contribution < 1.29 is 0 Å². The monoisotopic (exact) mass is 266 g/mol. The summed E-state index contributed by atoms with van der Waals surface area (Å²) in [6.45, 7) is 8.85. The molecule has 2 rings (SSSR count). The van der Waals surface area contributed by atoms with Gasteiger partial charge in [-0.05, 0) is 16.7 Å². The Morgan fingerprint density at radius 1 is 0.842 bits per heavy atom. The number of benzene rings is 2. The third-order valence-corrected chi connectivity index (χ3v) is 7.14. The fraction of sp³-hybridized carbons (Fsp3) is 0.222. The predicted molar refractivity (Wildman–Crippen MR) is 88.8 cm³/mol. The third kappa shape index (κ3) is 3.24. The molecule has 0 radical (unpaired) electrons. The first-order valence-corrected chi connectivity index (χ1v) is 9.32. The molecule has 0 aliphatic carbocycles. The molecular formula is C18H22Si. The maximum absolute atomic E-state index is 4.22. The van der Waals surface area contributed by atoms with Crippen LogP contribution in [-0.4, -0.2) is 8.80 Å². The summed E-state index contributed by atoms with van der Waals surface area (Å²) in [6, 6.07) is 22.2. The molecule has 0 amide bonds.